The van der Waals surface area contributed by atoms with E-state index in [-0.39, 0.29) is 5.75 Å². The van der Waals surface area contributed by atoms with Crippen LogP contribution in [0.4, 0.5) is 0 Å². The van der Waals surface area contributed by atoms with Gasteiger partial charge in [-0.05, 0) is 18.2 Å². The van der Waals surface area contributed by atoms with Gasteiger partial charge in [-0.1, -0.05) is 42.5 Å². The number of aromatic hydroxyl groups is 1. The number of para-hydroxylation sites is 2. The molecule has 3 rings (SSSR count). The van der Waals surface area contributed by atoms with Crippen LogP contribution in [-0.2, 0) is 0 Å². The van der Waals surface area contributed by atoms with E-state index >= 15 is 0 Å². The highest BCUT2D eigenvalue weighted by atomic mass is 16.3. The second kappa shape index (κ2) is 4.37. The molecule has 0 aliphatic rings. The van der Waals surface area contributed by atoms with Gasteiger partial charge in [0.05, 0.1) is 5.69 Å². The van der Waals surface area contributed by atoms with Crippen molar-refractivity contribution in [3.8, 4) is 22.7 Å². The number of aromatic nitrogens is 2. The lowest BCUT2D eigenvalue weighted by molar-refractivity contribution is 0.470. The van der Waals surface area contributed by atoms with E-state index in [1.807, 2.05) is 54.7 Å². The van der Waals surface area contributed by atoms with E-state index in [4.69, 9.17) is 0 Å². The summed E-state index contributed by atoms with van der Waals surface area (Å²) in [5, 5.41) is 14.3. The minimum atomic E-state index is 0.222. The standard InChI is InChI=1S/C15H12N2O/c18-15-9-5-4-8-14(15)17-11-10-13(16-17)12-6-2-1-3-7-12/h1-11,18H. The fourth-order valence-electron chi connectivity index (χ4n) is 1.88. The molecule has 0 saturated carbocycles. The molecule has 3 nitrogen and oxygen atoms in total. The average molecular weight is 236 g/mol. The highest BCUT2D eigenvalue weighted by molar-refractivity contribution is 5.59. The first-order valence-electron chi connectivity index (χ1n) is 5.74. The first kappa shape index (κ1) is 10.6. The zero-order valence-electron chi connectivity index (χ0n) is 9.69. The Morgan fingerprint density at radius 3 is 2.33 bits per heavy atom. The Morgan fingerprint density at radius 1 is 0.833 bits per heavy atom. The molecule has 0 radical (unpaired) electrons. The Labute approximate surface area is 105 Å². The molecule has 3 heteroatoms. The molecule has 0 bridgehead atoms. The second-order valence-corrected chi connectivity index (χ2v) is 4.00. The molecule has 0 fully saturated rings. The molecule has 18 heavy (non-hydrogen) atoms. The van der Waals surface area contributed by atoms with E-state index in [9.17, 15) is 5.11 Å². The van der Waals surface area contributed by atoms with Gasteiger partial charge >= 0.3 is 0 Å². The molecule has 1 heterocycles. The summed E-state index contributed by atoms with van der Waals surface area (Å²) in [7, 11) is 0. The normalized spacial score (nSPS) is 10.4. The van der Waals surface area contributed by atoms with Gasteiger partial charge in [-0.15, -0.1) is 0 Å². The number of hydrogen-bond donors (Lipinski definition) is 1. The van der Waals surface area contributed by atoms with Crippen LogP contribution in [0.25, 0.3) is 16.9 Å². The van der Waals surface area contributed by atoms with Gasteiger partial charge in [0.15, 0.2) is 0 Å². The predicted molar refractivity (Wildman–Crippen MR) is 70.7 cm³/mol. The zero-order chi connectivity index (χ0) is 12.4. The van der Waals surface area contributed by atoms with Crippen LogP contribution in [0, 0.1) is 0 Å². The largest absolute Gasteiger partial charge is 0.506 e. The number of benzene rings is 2. The summed E-state index contributed by atoms with van der Waals surface area (Å²) in [6.45, 7) is 0. The number of phenols is 1. The molecule has 88 valence electrons. The lowest BCUT2D eigenvalue weighted by atomic mass is 10.2. The van der Waals surface area contributed by atoms with Gasteiger partial charge in [0.2, 0.25) is 0 Å². The number of rotatable bonds is 2. The molecule has 0 saturated heterocycles. The Morgan fingerprint density at radius 2 is 1.56 bits per heavy atom. The molecule has 0 amide bonds. The van der Waals surface area contributed by atoms with Crippen molar-refractivity contribution >= 4 is 0 Å². The lowest BCUT2D eigenvalue weighted by Gasteiger charge is -2.03. The third-order valence-corrected chi connectivity index (χ3v) is 2.79. The summed E-state index contributed by atoms with van der Waals surface area (Å²) in [5.74, 6) is 0.222. The van der Waals surface area contributed by atoms with E-state index in [1.54, 1.807) is 16.8 Å². The van der Waals surface area contributed by atoms with Gasteiger partial charge < -0.3 is 5.11 Å². The maximum atomic E-state index is 9.78. The summed E-state index contributed by atoms with van der Waals surface area (Å²) in [4.78, 5) is 0. The van der Waals surface area contributed by atoms with Gasteiger partial charge in [0.1, 0.15) is 11.4 Å². The summed E-state index contributed by atoms with van der Waals surface area (Å²) in [6, 6.07) is 19.0. The maximum absolute atomic E-state index is 9.78. The van der Waals surface area contributed by atoms with Crippen molar-refractivity contribution < 1.29 is 5.11 Å². The summed E-state index contributed by atoms with van der Waals surface area (Å²) >= 11 is 0. The third kappa shape index (κ3) is 1.86. The van der Waals surface area contributed by atoms with Crippen LogP contribution in [0.3, 0.4) is 0 Å². The van der Waals surface area contributed by atoms with Crippen LogP contribution in [-0.4, -0.2) is 14.9 Å². The quantitative estimate of drug-likeness (QED) is 0.741. The average Bonchev–Trinajstić information content (AvgIpc) is 2.90. The van der Waals surface area contributed by atoms with Gasteiger partial charge in [-0.3, -0.25) is 0 Å². The molecule has 1 N–H and O–H groups in total. The Kier molecular flexibility index (Phi) is 2.57. The van der Waals surface area contributed by atoms with Crippen LogP contribution >= 0.6 is 0 Å². The van der Waals surface area contributed by atoms with Crippen LogP contribution in [0.5, 0.6) is 5.75 Å². The molecule has 1 aromatic heterocycles. The first-order chi connectivity index (χ1) is 8.84. The number of hydrogen-bond acceptors (Lipinski definition) is 2. The predicted octanol–water partition coefficient (Wildman–Crippen LogP) is 3.24. The minimum Gasteiger partial charge on any atom is -0.506 e. The van der Waals surface area contributed by atoms with E-state index in [0.29, 0.717) is 5.69 Å². The maximum Gasteiger partial charge on any atom is 0.141 e. The van der Waals surface area contributed by atoms with E-state index < -0.39 is 0 Å². The minimum absolute atomic E-state index is 0.222. The summed E-state index contributed by atoms with van der Waals surface area (Å²) < 4.78 is 1.68. The third-order valence-electron chi connectivity index (χ3n) is 2.79. The Hall–Kier alpha value is -2.55. The van der Waals surface area contributed by atoms with Crippen molar-refractivity contribution in [1.29, 1.82) is 0 Å². The van der Waals surface area contributed by atoms with Crippen LogP contribution < -0.4 is 0 Å². The van der Waals surface area contributed by atoms with Gasteiger partial charge in [-0.2, -0.15) is 5.10 Å². The fraction of sp³-hybridized carbons (Fsp3) is 0. The molecule has 0 spiro atoms. The first-order valence-corrected chi connectivity index (χ1v) is 5.74. The molecule has 3 aromatic rings. The van der Waals surface area contributed by atoms with Crippen LogP contribution in [0.1, 0.15) is 0 Å². The van der Waals surface area contributed by atoms with Crippen molar-refractivity contribution in [2.24, 2.45) is 0 Å². The Bertz CT molecular complexity index is 659. The van der Waals surface area contributed by atoms with Crippen LogP contribution in [0.2, 0.25) is 0 Å². The van der Waals surface area contributed by atoms with Gasteiger partial charge in [-0.25, -0.2) is 4.68 Å². The smallest absolute Gasteiger partial charge is 0.141 e. The molecular weight excluding hydrogens is 224 g/mol. The summed E-state index contributed by atoms with van der Waals surface area (Å²) in [6.07, 6.45) is 1.84. The Balaban J connectivity index is 2.03. The van der Waals surface area contributed by atoms with Gasteiger partial charge in [0.25, 0.3) is 0 Å². The highest BCUT2D eigenvalue weighted by Gasteiger charge is 2.05. The lowest BCUT2D eigenvalue weighted by Crippen LogP contribution is -1.95. The van der Waals surface area contributed by atoms with Crippen molar-refractivity contribution in [2.45, 2.75) is 0 Å². The number of phenolic OH excluding ortho intramolecular Hbond substituents is 1. The second-order valence-electron chi connectivity index (χ2n) is 4.00. The van der Waals surface area contributed by atoms with Crippen molar-refractivity contribution in [1.82, 2.24) is 9.78 Å². The van der Waals surface area contributed by atoms with Crippen LogP contribution in [0.15, 0.2) is 66.9 Å². The number of nitrogens with zero attached hydrogens (tertiary/aromatic N) is 2. The fourth-order valence-corrected chi connectivity index (χ4v) is 1.88. The summed E-state index contributed by atoms with van der Waals surface area (Å²) in [5.41, 5.74) is 2.63. The molecule has 0 atom stereocenters. The monoisotopic (exact) mass is 236 g/mol. The molecule has 0 aliphatic carbocycles. The van der Waals surface area contributed by atoms with Crippen molar-refractivity contribution in [3.63, 3.8) is 0 Å². The molecule has 0 unspecified atom stereocenters. The topological polar surface area (TPSA) is 38.0 Å². The van der Waals surface area contributed by atoms with E-state index in [2.05, 4.69) is 5.10 Å². The van der Waals surface area contributed by atoms with Crippen molar-refractivity contribution in [3.05, 3.63) is 66.9 Å². The molecular formula is C15H12N2O. The molecule has 2 aromatic carbocycles. The van der Waals surface area contributed by atoms with E-state index in [1.165, 1.54) is 0 Å². The SMILES string of the molecule is Oc1ccccc1-n1ccc(-c2ccccc2)n1. The molecule has 0 aliphatic heterocycles. The zero-order valence-corrected chi connectivity index (χ0v) is 9.69. The van der Waals surface area contributed by atoms with E-state index in [0.717, 1.165) is 11.3 Å². The highest BCUT2D eigenvalue weighted by Crippen LogP contribution is 2.22. The van der Waals surface area contributed by atoms with Crippen molar-refractivity contribution in [2.75, 3.05) is 0 Å². The van der Waals surface area contributed by atoms with Gasteiger partial charge in [0, 0.05) is 11.8 Å².